The maximum Gasteiger partial charge on any atom is 0.242 e. The summed E-state index contributed by atoms with van der Waals surface area (Å²) >= 11 is 3.33. The molecule has 0 unspecified atom stereocenters. The van der Waals surface area contributed by atoms with Gasteiger partial charge in [0.2, 0.25) is 10.0 Å². The lowest BCUT2D eigenvalue weighted by atomic mass is 10.1. The van der Waals surface area contributed by atoms with Crippen LogP contribution in [-0.2, 0) is 23.1 Å². The third-order valence-electron chi connectivity index (χ3n) is 3.19. The predicted octanol–water partition coefficient (Wildman–Crippen LogP) is 1.73. The maximum atomic E-state index is 12.5. The summed E-state index contributed by atoms with van der Waals surface area (Å²) in [6.45, 7) is 4.15. The lowest BCUT2D eigenvalue weighted by Crippen LogP contribution is -2.24. The second-order valence-corrected chi connectivity index (χ2v) is 7.30. The Morgan fingerprint density at radius 2 is 2.10 bits per heavy atom. The number of H-pyrrole nitrogens is 1. The summed E-state index contributed by atoms with van der Waals surface area (Å²) in [7, 11) is -3.63. The first-order chi connectivity index (χ1) is 9.85. The molecule has 0 spiro atoms. The molecule has 0 bridgehead atoms. The highest BCUT2D eigenvalue weighted by Gasteiger charge is 2.20. The Hall–Kier alpha value is -1.22. The molecule has 0 fully saturated rings. The topological polar surface area (TPSA) is 101 Å². The van der Waals surface area contributed by atoms with Crippen molar-refractivity contribution in [3.63, 3.8) is 0 Å². The van der Waals surface area contributed by atoms with Gasteiger partial charge in [-0.2, -0.15) is 5.10 Å². The molecule has 0 atom stereocenters. The smallest absolute Gasteiger partial charge is 0.242 e. The third kappa shape index (κ3) is 3.52. The number of aromatic amines is 1. The number of hydrogen-bond acceptors (Lipinski definition) is 4. The van der Waals surface area contributed by atoms with E-state index in [0.29, 0.717) is 4.47 Å². The number of nitrogens with two attached hydrogens (primary N) is 1. The maximum absolute atomic E-state index is 12.5. The molecule has 0 aliphatic rings. The molecule has 6 nitrogen and oxygen atoms in total. The largest absolute Gasteiger partial charge is 0.326 e. The molecular weight excluding hydrogens is 356 g/mol. The molecule has 1 aromatic heterocycles. The summed E-state index contributed by atoms with van der Waals surface area (Å²) in [5.74, 6) is 0. The van der Waals surface area contributed by atoms with Crippen molar-refractivity contribution in [2.24, 2.45) is 5.73 Å². The normalized spacial score (nSPS) is 11.8. The molecule has 1 heterocycles. The zero-order chi connectivity index (χ0) is 15.6. The molecule has 2 rings (SSSR count). The molecule has 0 amide bonds. The van der Waals surface area contributed by atoms with Crippen molar-refractivity contribution in [2.45, 2.75) is 31.8 Å². The highest BCUT2D eigenvalue weighted by molar-refractivity contribution is 9.10. The zero-order valence-corrected chi connectivity index (χ0v) is 14.2. The zero-order valence-electron chi connectivity index (χ0n) is 11.8. The number of sulfonamides is 1. The van der Waals surface area contributed by atoms with Crippen molar-refractivity contribution >= 4 is 26.0 Å². The van der Waals surface area contributed by atoms with E-state index in [1.807, 2.05) is 19.9 Å². The lowest BCUT2D eigenvalue weighted by molar-refractivity contribution is 0.580. The van der Waals surface area contributed by atoms with E-state index < -0.39 is 10.0 Å². The van der Waals surface area contributed by atoms with Gasteiger partial charge in [-0.3, -0.25) is 5.10 Å². The van der Waals surface area contributed by atoms with Crippen LogP contribution < -0.4 is 10.5 Å². The third-order valence-corrected chi connectivity index (χ3v) is 5.93. The average molecular weight is 373 g/mol. The van der Waals surface area contributed by atoms with E-state index in [4.69, 9.17) is 5.73 Å². The molecule has 0 aliphatic heterocycles. The van der Waals surface area contributed by atoms with Crippen LogP contribution in [0.15, 0.2) is 27.7 Å². The van der Waals surface area contributed by atoms with E-state index in [1.54, 1.807) is 12.3 Å². The van der Waals surface area contributed by atoms with Crippen LogP contribution >= 0.6 is 15.9 Å². The second-order valence-electron chi connectivity index (χ2n) is 4.77. The van der Waals surface area contributed by atoms with Crippen LogP contribution in [-0.4, -0.2) is 18.6 Å². The fourth-order valence-electron chi connectivity index (χ4n) is 1.93. The lowest BCUT2D eigenvalue weighted by Gasteiger charge is -2.12. The number of aryl methyl sites for hydroxylation is 2. The number of nitrogens with zero attached hydrogens (tertiary/aromatic N) is 1. The van der Waals surface area contributed by atoms with E-state index in [1.165, 1.54) is 0 Å². The molecule has 0 aliphatic carbocycles. The molecule has 2 aromatic rings. The van der Waals surface area contributed by atoms with Crippen LogP contribution in [0.5, 0.6) is 0 Å². The standard InChI is InChI=1S/C13H17BrN4O2S/c1-8-3-10(5-15)4-12(13(8)14)21(19,20)17-7-11-6-16-18-9(11)2/h3-4,6,17H,5,7,15H2,1-2H3,(H,16,18). The summed E-state index contributed by atoms with van der Waals surface area (Å²) in [5, 5.41) is 6.64. The summed E-state index contributed by atoms with van der Waals surface area (Å²) < 4.78 is 28.1. The summed E-state index contributed by atoms with van der Waals surface area (Å²) in [6, 6.07) is 3.45. The van der Waals surface area contributed by atoms with E-state index in [9.17, 15) is 8.42 Å². The van der Waals surface area contributed by atoms with Crippen molar-refractivity contribution < 1.29 is 8.42 Å². The van der Waals surface area contributed by atoms with E-state index in [2.05, 4.69) is 30.8 Å². The van der Waals surface area contributed by atoms with Gasteiger partial charge in [0.15, 0.2) is 0 Å². The fraction of sp³-hybridized carbons (Fsp3) is 0.308. The van der Waals surface area contributed by atoms with Crippen LogP contribution in [0, 0.1) is 13.8 Å². The van der Waals surface area contributed by atoms with Gasteiger partial charge in [-0.15, -0.1) is 0 Å². The van der Waals surface area contributed by atoms with Gasteiger partial charge in [0.05, 0.1) is 11.1 Å². The van der Waals surface area contributed by atoms with Crippen molar-refractivity contribution in [3.05, 3.63) is 45.2 Å². The number of aromatic nitrogens is 2. The molecule has 0 radical (unpaired) electrons. The molecule has 114 valence electrons. The Morgan fingerprint density at radius 1 is 1.38 bits per heavy atom. The predicted molar refractivity (Wildman–Crippen MR) is 84.1 cm³/mol. The average Bonchev–Trinajstić information content (AvgIpc) is 2.84. The highest BCUT2D eigenvalue weighted by atomic mass is 79.9. The summed E-state index contributed by atoms with van der Waals surface area (Å²) in [5.41, 5.74) is 8.86. The van der Waals surface area contributed by atoms with Gasteiger partial charge in [0.25, 0.3) is 0 Å². The Bertz CT molecular complexity index is 756. The van der Waals surface area contributed by atoms with Crippen molar-refractivity contribution in [2.75, 3.05) is 0 Å². The molecule has 4 N–H and O–H groups in total. The monoisotopic (exact) mass is 372 g/mol. The summed E-state index contributed by atoms with van der Waals surface area (Å²) in [4.78, 5) is 0.198. The van der Waals surface area contributed by atoms with Crippen molar-refractivity contribution in [3.8, 4) is 0 Å². The van der Waals surface area contributed by atoms with Gasteiger partial charge in [-0.25, -0.2) is 13.1 Å². The minimum Gasteiger partial charge on any atom is -0.326 e. The van der Waals surface area contributed by atoms with Gasteiger partial charge in [-0.05, 0) is 47.0 Å². The molecule has 21 heavy (non-hydrogen) atoms. The number of halogens is 1. The van der Waals surface area contributed by atoms with Gasteiger partial charge < -0.3 is 5.73 Å². The molecule has 8 heteroatoms. The first-order valence-electron chi connectivity index (χ1n) is 6.32. The molecular formula is C13H17BrN4O2S. The van der Waals surface area contributed by atoms with E-state index >= 15 is 0 Å². The number of hydrogen-bond donors (Lipinski definition) is 3. The number of rotatable bonds is 5. The highest BCUT2D eigenvalue weighted by Crippen LogP contribution is 2.27. The van der Waals surface area contributed by atoms with Crippen LogP contribution in [0.4, 0.5) is 0 Å². The summed E-state index contributed by atoms with van der Waals surface area (Å²) in [6.07, 6.45) is 1.61. The Morgan fingerprint density at radius 3 is 2.67 bits per heavy atom. The Balaban J connectivity index is 2.31. The first kappa shape index (κ1) is 16.2. The van der Waals surface area contributed by atoms with Crippen LogP contribution in [0.25, 0.3) is 0 Å². The number of benzene rings is 1. The van der Waals surface area contributed by atoms with E-state index in [-0.39, 0.29) is 18.0 Å². The fourth-order valence-corrected chi connectivity index (χ4v) is 4.00. The van der Waals surface area contributed by atoms with Crippen molar-refractivity contribution in [1.82, 2.24) is 14.9 Å². The molecule has 1 aromatic carbocycles. The first-order valence-corrected chi connectivity index (χ1v) is 8.60. The second kappa shape index (κ2) is 6.27. The number of nitrogens with one attached hydrogen (secondary N) is 2. The van der Waals surface area contributed by atoms with Gasteiger partial charge in [0.1, 0.15) is 0 Å². The van der Waals surface area contributed by atoms with Gasteiger partial charge >= 0.3 is 0 Å². The SMILES string of the molecule is Cc1cc(CN)cc(S(=O)(=O)NCc2cn[nH]c2C)c1Br. The Labute approximate surface area is 132 Å². The van der Waals surface area contributed by atoms with Crippen molar-refractivity contribution in [1.29, 1.82) is 0 Å². The van der Waals surface area contributed by atoms with Crippen LogP contribution in [0.2, 0.25) is 0 Å². The quantitative estimate of drug-likeness (QED) is 0.743. The van der Waals surface area contributed by atoms with Gasteiger partial charge in [0, 0.05) is 28.8 Å². The molecule has 0 saturated heterocycles. The van der Waals surface area contributed by atoms with E-state index in [0.717, 1.165) is 22.4 Å². The van der Waals surface area contributed by atoms with Crippen LogP contribution in [0.1, 0.15) is 22.4 Å². The Kier molecular flexibility index (Phi) is 4.82. The minimum atomic E-state index is -3.63. The van der Waals surface area contributed by atoms with Gasteiger partial charge in [-0.1, -0.05) is 6.07 Å². The minimum absolute atomic E-state index is 0.184. The van der Waals surface area contributed by atoms with Crippen LogP contribution in [0.3, 0.4) is 0 Å². The molecule has 0 saturated carbocycles.